The van der Waals surface area contributed by atoms with Crippen molar-refractivity contribution in [1.82, 2.24) is 10.2 Å². The van der Waals surface area contributed by atoms with Gasteiger partial charge >= 0.3 is 0 Å². The Balaban J connectivity index is 1.80. The molecule has 2 aliphatic rings. The molecule has 1 aromatic rings. The second kappa shape index (κ2) is 3.11. The van der Waals surface area contributed by atoms with Gasteiger partial charge in [-0.3, -0.25) is 10.2 Å². The second-order valence-electron chi connectivity index (χ2n) is 3.88. The highest BCUT2D eigenvalue weighted by atomic mass is 15.4. The lowest BCUT2D eigenvalue weighted by Crippen LogP contribution is -2.27. The first-order valence-electron chi connectivity index (χ1n) is 5.07. The Bertz CT molecular complexity index is 432. The fourth-order valence-corrected chi connectivity index (χ4v) is 2.09. The van der Waals surface area contributed by atoms with Crippen LogP contribution in [0.3, 0.4) is 0 Å². The molecule has 15 heavy (non-hydrogen) atoms. The Kier molecular flexibility index (Phi) is 1.77. The van der Waals surface area contributed by atoms with Crippen molar-refractivity contribution < 1.29 is 0 Å². The van der Waals surface area contributed by atoms with E-state index < -0.39 is 0 Å². The van der Waals surface area contributed by atoms with E-state index >= 15 is 0 Å². The van der Waals surface area contributed by atoms with Gasteiger partial charge in [-0.1, -0.05) is 42.5 Å². The van der Waals surface area contributed by atoms with Crippen LogP contribution in [0.5, 0.6) is 0 Å². The molecule has 0 bridgehead atoms. The largest absolute Gasteiger partial charge is 0.284 e. The highest BCUT2D eigenvalue weighted by molar-refractivity contribution is 5.30. The van der Waals surface area contributed by atoms with E-state index in [1.807, 2.05) is 18.2 Å². The lowest BCUT2D eigenvalue weighted by atomic mass is 10.0. The maximum Gasteiger partial charge on any atom is 0.181 e. The molecule has 2 aliphatic heterocycles. The zero-order valence-electron chi connectivity index (χ0n) is 8.17. The molecule has 3 atom stereocenters. The van der Waals surface area contributed by atoms with E-state index in [2.05, 4.69) is 35.8 Å². The maximum atomic E-state index is 8.80. The van der Waals surface area contributed by atoms with Crippen LogP contribution in [0.4, 0.5) is 0 Å². The molecule has 3 heteroatoms. The molecule has 0 saturated carbocycles. The van der Waals surface area contributed by atoms with Crippen molar-refractivity contribution in [1.29, 1.82) is 5.26 Å². The van der Waals surface area contributed by atoms with E-state index in [1.54, 1.807) is 4.90 Å². The van der Waals surface area contributed by atoms with Crippen molar-refractivity contribution in [3.63, 3.8) is 0 Å². The Morgan fingerprint density at radius 1 is 1.20 bits per heavy atom. The van der Waals surface area contributed by atoms with E-state index in [0.717, 1.165) is 0 Å². The number of fused-ring (bicyclic) bond motifs is 1. The van der Waals surface area contributed by atoms with Gasteiger partial charge in [-0.25, -0.2) is 0 Å². The smallest absolute Gasteiger partial charge is 0.181 e. The second-order valence-corrected chi connectivity index (χ2v) is 3.88. The van der Waals surface area contributed by atoms with Crippen LogP contribution >= 0.6 is 0 Å². The predicted molar refractivity (Wildman–Crippen MR) is 56.5 cm³/mol. The number of hydrogen-bond acceptors (Lipinski definition) is 3. The van der Waals surface area contributed by atoms with Crippen molar-refractivity contribution in [3.05, 3.63) is 48.0 Å². The Hall–Kier alpha value is -1.79. The summed E-state index contributed by atoms with van der Waals surface area (Å²) in [4.78, 5) is 1.76. The molecule has 0 spiro atoms. The molecule has 1 N–H and O–H groups in total. The molecular weight excluding hydrogens is 186 g/mol. The summed E-state index contributed by atoms with van der Waals surface area (Å²) in [6, 6.07) is 10.8. The topological polar surface area (TPSA) is 38.8 Å². The number of hydrogen-bond donors (Lipinski definition) is 1. The zero-order valence-corrected chi connectivity index (χ0v) is 8.17. The lowest BCUT2D eigenvalue weighted by molar-refractivity contribution is 0.537. The highest BCUT2D eigenvalue weighted by Gasteiger charge is 2.48. The van der Waals surface area contributed by atoms with Gasteiger partial charge < -0.3 is 0 Å². The zero-order chi connectivity index (χ0) is 10.3. The van der Waals surface area contributed by atoms with Crippen LogP contribution in [0, 0.1) is 11.5 Å². The third-order valence-corrected chi connectivity index (χ3v) is 2.98. The number of nitrogens with one attached hydrogen (secondary N) is 1. The average Bonchev–Trinajstić information content (AvgIpc) is 3.02. The summed E-state index contributed by atoms with van der Waals surface area (Å²) in [5.74, 6) is 0. The van der Waals surface area contributed by atoms with Gasteiger partial charge in [0.1, 0.15) is 6.17 Å². The van der Waals surface area contributed by atoms with E-state index in [1.165, 1.54) is 5.56 Å². The molecule has 0 amide bonds. The van der Waals surface area contributed by atoms with Gasteiger partial charge in [0.2, 0.25) is 0 Å². The van der Waals surface area contributed by atoms with Gasteiger partial charge in [0.05, 0.1) is 12.1 Å². The molecule has 3 rings (SSSR count). The van der Waals surface area contributed by atoms with Gasteiger partial charge in [0, 0.05) is 0 Å². The molecule has 2 heterocycles. The summed E-state index contributed by atoms with van der Waals surface area (Å²) < 4.78 is 0. The summed E-state index contributed by atoms with van der Waals surface area (Å²) in [5.41, 5.74) is 1.25. The summed E-state index contributed by atoms with van der Waals surface area (Å²) in [6.45, 7) is 0. The molecule has 0 radical (unpaired) electrons. The number of rotatable bonds is 1. The molecule has 3 nitrogen and oxygen atoms in total. The molecule has 0 aliphatic carbocycles. The number of benzene rings is 1. The quantitative estimate of drug-likeness (QED) is 0.420. The van der Waals surface area contributed by atoms with E-state index in [4.69, 9.17) is 5.26 Å². The Morgan fingerprint density at radius 2 is 2.00 bits per heavy atom. The molecule has 74 valence electrons. The van der Waals surface area contributed by atoms with Gasteiger partial charge in [-0.15, -0.1) is 0 Å². The maximum absolute atomic E-state index is 8.80. The summed E-state index contributed by atoms with van der Waals surface area (Å²) in [6.07, 6.45) is 6.63. The molecule has 1 saturated heterocycles. The first kappa shape index (κ1) is 8.51. The van der Waals surface area contributed by atoms with Crippen LogP contribution in [-0.2, 0) is 0 Å². The fraction of sp³-hybridized carbons (Fsp3) is 0.250. The summed E-state index contributed by atoms with van der Waals surface area (Å²) in [7, 11) is 0. The van der Waals surface area contributed by atoms with Gasteiger partial charge in [-0.05, 0) is 5.56 Å². The van der Waals surface area contributed by atoms with Crippen molar-refractivity contribution in [2.45, 2.75) is 18.2 Å². The third kappa shape index (κ3) is 1.31. The molecule has 1 unspecified atom stereocenters. The number of nitriles is 1. The van der Waals surface area contributed by atoms with Crippen LogP contribution < -0.4 is 5.32 Å². The van der Waals surface area contributed by atoms with E-state index in [9.17, 15) is 0 Å². The average molecular weight is 197 g/mol. The van der Waals surface area contributed by atoms with Crippen molar-refractivity contribution in [3.8, 4) is 6.19 Å². The van der Waals surface area contributed by atoms with Gasteiger partial charge in [0.15, 0.2) is 6.19 Å². The lowest BCUT2D eigenvalue weighted by Gasteiger charge is -2.16. The first-order chi connectivity index (χ1) is 7.40. The minimum atomic E-state index is 0.213. The minimum Gasteiger partial charge on any atom is -0.284 e. The number of nitrogens with zero attached hydrogens (tertiary/aromatic N) is 2. The fourth-order valence-electron chi connectivity index (χ4n) is 2.09. The van der Waals surface area contributed by atoms with Crippen molar-refractivity contribution >= 4 is 0 Å². The highest BCUT2D eigenvalue weighted by Crippen LogP contribution is 2.33. The summed E-state index contributed by atoms with van der Waals surface area (Å²) >= 11 is 0. The molecule has 1 fully saturated rings. The normalized spacial score (nSPS) is 31.9. The SMILES string of the molecule is N#CN1[C@@H]2C=CC(c3ccccc3)N[C@@H]21. The van der Waals surface area contributed by atoms with Crippen molar-refractivity contribution in [2.75, 3.05) is 0 Å². The summed E-state index contributed by atoms with van der Waals surface area (Å²) in [5, 5.41) is 12.2. The minimum absolute atomic E-state index is 0.213. The van der Waals surface area contributed by atoms with Crippen LogP contribution in [0.1, 0.15) is 11.6 Å². The van der Waals surface area contributed by atoms with Crippen LogP contribution in [-0.4, -0.2) is 17.1 Å². The van der Waals surface area contributed by atoms with E-state index in [0.29, 0.717) is 0 Å². The van der Waals surface area contributed by atoms with Crippen molar-refractivity contribution in [2.24, 2.45) is 0 Å². The molecule has 0 aromatic heterocycles. The first-order valence-corrected chi connectivity index (χ1v) is 5.07. The Morgan fingerprint density at radius 3 is 2.73 bits per heavy atom. The predicted octanol–water partition coefficient (Wildman–Crippen LogP) is 1.38. The molecule has 1 aromatic carbocycles. The monoisotopic (exact) mass is 197 g/mol. The Labute approximate surface area is 88.6 Å². The van der Waals surface area contributed by atoms with Crippen LogP contribution in [0.25, 0.3) is 0 Å². The van der Waals surface area contributed by atoms with E-state index in [-0.39, 0.29) is 18.2 Å². The van der Waals surface area contributed by atoms with Crippen LogP contribution in [0.15, 0.2) is 42.5 Å². The van der Waals surface area contributed by atoms with Crippen LogP contribution in [0.2, 0.25) is 0 Å². The van der Waals surface area contributed by atoms with Gasteiger partial charge in [-0.2, -0.15) is 5.26 Å². The van der Waals surface area contributed by atoms with Gasteiger partial charge in [0.25, 0.3) is 0 Å². The standard InChI is InChI=1S/C12H11N3/c13-8-15-11-7-6-10(14-12(11)15)9-4-2-1-3-5-9/h1-7,10-12,14H/t10?,11-,12-,15?/m1/s1. The molecular formula is C12H11N3. The third-order valence-electron chi connectivity index (χ3n) is 2.98.